The molecule has 36 heavy (non-hydrogen) atoms. The van der Waals surface area contributed by atoms with Crippen LogP contribution in [0.5, 0.6) is 0 Å². The van der Waals surface area contributed by atoms with Crippen molar-refractivity contribution in [3.63, 3.8) is 0 Å². The summed E-state index contributed by atoms with van der Waals surface area (Å²) in [5.41, 5.74) is 5.26. The fraction of sp³-hybridized carbons (Fsp3) is 0.308. The van der Waals surface area contributed by atoms with Crippen LogP contribution in [0.1, 0.15) is 49.1 Å². The number of carbonyl (C=O) groups excluding carboxylic acids is 1. The molecule has 10 heteroatoms. The number of aromatic amines is 1. The van der Waals surface area contributed by atoms with E-state index in [1.807, 2.05) is 53.1 Å². The van der Waals surface area contributed by atoms with Gasteiger partial charge >= 0.3 is 5.97 Å². The van der Waals surface area contributed by atoms with Crippen LogP contribution in [0.4, 0.5) is 0 Å². The van der Waals surface area contributed by atoms with E-state index in [4.69, 9.17) is 4.98 Å². The van der Waals surface area contributed by atoms with Crippen LogP contribution in [0.2, 0.25) is 0 Å². The van der Waals surface area contributed by atoms with Gasteiger partial charge in [-0.15, -0.1) is 10.2 Å². The molecule has 1 amide bonds. The molecule has 1 aliphatic rings. The van der Waals surface area contributed by atoms with Crippen molar-refractivity contribution in [2.24, 2.45) is 0 Å². The Hall–Kier alpha value is -4.34. The number of carboxylic acid groups (broad SMARTS) is 1. The lowest BCUT2D eigenvalue weighted by Gasteiger charge is -2.33. The maximum Gasteiger partial charge on any atom is 0.332 e. The third-order valence-electron chi connectivity index (χ3n) is 6.55. The average molecular weight is 486 g/mol. The molecule has 1 aliphatic heterocycles. The number of benzene rings is 2. The van der Waals surface area contributed by atoms with Crippen molar-refractivity contribution in [1.29, 1.82) is 0 Å². The van der Waals surface area contributed by atoms with Gasteiger partial charge in [0.1, 0.15) is 5.82 Å². The molecule has 2 aromatic carbocycles. The van der Waals surface area contributed by atoms with Crippen molar-refractivity contribution >= 4 is 11.9 Å². The zero-order valence-electron chi connectivity index (χ0n) is 20.2. The maximum atomic E-state index is 12.3. The Morgan fingerprint density at radius 2 is 1.86 bits per heavy atom. The number of nitrogens with one attached hydrogen (secondary N) is 1. The second-order valence-corrected chi connectivity index (χ2v) is 8.88. The van der Waals surface area contributed by atoms with Crippen LogP contribution >= 0.6 is 0 Å². The highest BCUT2D eigenvalue weighted by Gasteiger charge is 2.39. The van der Waals surface area contributed by atoms with Gasteiger partial charge in [-0.2, -0.15) is 5.21 Å². The van der Waals surface area contributed by atoms with E-state index in [2.05, 4.69) is 27.5 Å². The topological polar surface area (TPSA) is 130 Å². The lowest BCUT2D eigenvalue weighted by Crippen LogP contribution is -2.43. The molecule has 4 aromatic rings. The lowest BCUT2D eigenvalue weighted by molar-refractivity contribution is -0.150. The Morgan fingerprint density at radius 3 is 2.50 bits per heavy atom. The standard InChI is InChI=1S/C26H27N7O3/c1-3-6-22-27-21-13-14-32(16(2)34)24(26(35)36)23(21)33(22)15-17-9-11-18(12-10-17)19-7-4-5-8-20(19)25-28-30-31-29-25/h4-5,7-12,24H,3,6,13-15H2,1-2H3,(H,35,36)(H,28,29,30,31). The molecule has 0 fully saturated rings. The van der Waals surface area contributed by atoms with E-state index in [9.17, 15) is 14.7 Å². The second kappa shape index (κ2) is 9.73. The molecular weight excluding hydrogens is 458 g/mol. The van der Waals surface area contributed by atoms with Gasteiger partial charge in [0.25, 0.3) is 0 Å². The van der Waals surface area contributed by atoms with Gasteiger partial charge in [-0.1, -0.05) is 55.5 Å². The number of aromatic nitrogens is 6. The van der Waals surface area contributed by atoms with Gasteiger partial charge in [-0.05, 0) is 28.3 Å². The van der Waals surface area contributed by atoms with Gasteiger partial charge in [0.15, 0.2) is 6.04 Å². The van der Waals surface area contributed by atoms with Crippen molar-refractivity contribution in [3.05, 3.63) is 71.3 Å². The Kier molecular flexibility index (Phi) is 6.32. The highest BCUT2D eigenvalue weighted by atomic mass is 16.4. The van der Waals surface area contributed by atoms with Gasteiger partial charge in [-0.3, -0.25) is 4.79 Å². The predicted molar refractivity (Wildman–Crippen MR) is 132 cm³/mol. The fourth-order valence-electron chi connectivity index (χ4n) is 4.92. The molecule has 0 bridgehead atoms. The van der Waals surface area contributed by atoms with E-state index in [0.29, 0.717) is 31.0 Å². The number of imidazole rings is 1. The van der Waals surface area contributed by atoms with Gasteiger partial charge in [-0.25, -0.2) is 9.78 Å². The molecule has 3 heterocycles. The molecule has 0 aliphatic carbocycles. The quantitative estimate of drug-likeness (QED) is 0.411. The van der Waals surface area contributed by atoms with E-state index in [1.54, 1.807) is 0 Å². The molecule has 0 spiro atoms. The van der Waals surface area contributed by atoms with E-state index < -0.39 is 12.0 Å². The van der Waals surface area contributed by atoms with Crippen LogP contribution in [0.15, 0.2) is 48.5 Å². The largest absolute Gasteiger partial charge is 0.479 e. The molecule has 1 atom stereocenters. The summed E-state index contributed by atoms with van der Waals surface area (Å²) in [5.74, 6) is 0.0931. The first-order valence-corrected chi connectivity index (χ1v) is 12.0. The molecule has 0 saturated carbocycles. The zero-order chi connectivity index (χ0) is 25.2. The molecule has 5 rings (SSSR count). The SMILES string of the molecule is CCCc1nc2c(n1Cc1ccc(-c3ccccc3-c3nn[nH]n3)cc1)C(C(=O)O)N(C(C)=O)CC2. The second-order valence-electron chi connectivity index (χ2n) is 8.88. The first kappa shape index (κ1) is 23.4. The average Bonchev–Trinajstić information content (AvgIpc) is 3.53. The Balaban J connectivity index is 1.51. The molecule has 184 valence electrons. The molecule has 0 saturated heterocycles. The van der Waals surface area contributed by atoms with Crippen LogP contribution in [-0.4, -0.2) is 58.6 Å². The van der Waals surface area contributed by atoms with Gasteiger partial charge in [0, 0.05) is 38.4 Å². The minimum atomic E-state index is -1.04. The molecule has 2 N–H and O–H groups in total. The maximum absolute atomic E-state index is 12.3. The summed E-state index contributed by atoms with van der Waals surface area (Å²) in [6.07, 6.45) is 2.17. The zero-order valence-corrected chi connectivity index (χ0v) is 20.2. The minimum absolute atomic E-state index is 0.248. The smallest absolute Gasteiger partial charge is 0.332 e. The van der Waals surface area contributed by atoms with Gasteiger partial charge < -0.3 is 14.6 Å². The number of carboxylic acids is 1. The number of hydrogen-bond donors (Lipinski definition) is 2. The number of fused-ring (bicyclic) bond motifs is 1. The molecule has 2 aromatic heterocycles. The number of nitrogens with zero attached hydrogens (tertiary/aromatic N) is 6. The predicted octanol–water partition coefficient (Wildman–Crippen LogP) is 3.26. The highest BCUT2D eigenvalue weighted by Crippen LogP contribution is 2.33. The fourth-order valence-corrected chi connectivity index (χ4v) is 4.92. The van der Waals surface area contributed by atoms with Crippen LogP contribution in [0.3, 0.4) is 0 Å². The van der Waals surface area contributed by atoms with Crippen molar-refractivity contribution in [1.82, 2.24) is 35.1 Å². The number of aliphatic carboxylic acids is 1. The third kappa shape index (κ3) is 4.26. The van der Waals surface area contributed by atoms with Crippen molar-refractivity contribution < 1.29 is 14.7 Å². The number of rotatable bonds is 7. The summed E-state index contributed by atoms with van der Waals surface area (Å²) >= 11 is 0. The molecular formula is C26H27N7O3. The van der Waals surface area contributed by atoms with E-state index in [-0.39, 0.29) is 5.91 Å². The van der Waals surface area contributed by atoms with Crippen LogP contribution in [0, 0.1) is 0 Å². The highest BCUT2D eigenvalue weighted by molar-refractivity contribution is 5.84. The monoisotopic (exact) mass is 485 g/mol. The number of hydrogen-bond acceptors (Lipinski definition) is 6. The summed E-state index contributed by atoms with van der Waals surface area (Å²) in [5, 5.41) is 24.4. The van der Waals surface area contributed by atoms with Gasteiger partial charge in [0.2, 0.25) is 11.7 Å². The van der Waals surface area contributed by atoms with Crippen LogP contribution < -0.4 is 0 Å². The number of tetrazole rings is 1. The van der Waals surface area contributed by atoms with Crippen molar-refractivity contribution in [2.75, 3.05) is 6.54 Å². The minimum Gasteiger partial charge on any atom is -0.479 e. The molecule has 1 unspecified atom stereocenters. The Bertz CT molecular complexity index is 1390. The first-order valence-electron chi connectivity index (χ1n) is 12.0. The number of amides is 1. The summed E-state index contributed by atoms with van der Waals surface area (Å²) in [6.45, 7) is 4.32. The Morgan fingerprint density at radius 1 is 1.11 bits per heavy atom. The molecule has 0 radical (unpaired) electrons. The summed E-state index contributed by atoms with van der Waals surface area (Å²) in [7, 11) is 0. The number of carbonyl (C=O) groups is 2. The van der Waals surface area contributed by atoms with Crippen LogP contribution in [0.25, 0.3) is 22.5 Å². The summed E-state index contributed by atoms with van der Waals surface area (Å²) < 4.78 is 2.00. The third-order valence-corrected chi connectivity index (χ3v) is 6.55. The lowest BCUT2D eigenvalue weighted by atomic mass is 9.98. The van der Waals surface area contributed by atoms with E-state index in [0.717, 1.165) is 46.6 Å². The normalized spacial score (nSPS) is 15.1. The van der Waals surface area contributed by atoms with E-state index >= 15 is 0 Å². The van der Waals surface area contributed by atoms with E-state index in [1.165, 1.54) is 11.8 Å². The number of H-pyrrole nitrogens is 1. The Labute approximate surface area is 208 Å². The van der Waals surface area contributed by atoms with Crippen molar-refractivity contribution in [2.45, 2.75) is 45.7 Å². The summed E-state index contributed by atoms with van der Waals surface area (Å²) in [6, 6.07) is 15.0. The molecule has 10 nitrogen and oxygen atoms in total. The van der Waals surface area contributed by atoms with Crippen molar-refractivity contribution in [3.8, 4) is 22.5 Å². The number of aryl methyl sites for hydroxylation is 1. The van der Waals surface area contributed by atoms with Gasteiger partial charge in [0.05, 0.1) is 11.4 Å². The van der Waals surface area contributed by atoms with Crippen LogP contribution in [-0.2, 0) is 29.0 Å². The first-order chi connectivity index (χ1) is 17.5. The summed E-state index contributed by atoms with van der Waals surface area (Å²) in [4.78, 5) is 30.7.